The van der Waals surface area contributed by atoms with E-state index in [1.165, 1.54) is 0 Å². The van der Waals surface area contributed by atoms with Crippen LogP contribution in [0.2, 0.25) is 0 Å². The van der Waals surface area contributed by atoms with Gasteiger partial charge in [-0.3, -0.25) is 9.78 Å². The fourth-order valence-corrected chi connectivity index (χ4v) is 4.34. The average Bonchev–Trinajstić information content (AvgIpc) is 3.55. The molecule has 0 bridgehead atoms. The van der Waals surface area contributed by atoms with E-state index in [9.17, 15) is 4.79 Å². The van der Waals surface area contributed by atoms with Gasteiger partial charge < -0.3 is 10.2 Å². The number of nitrogens with one attached hydrogen (secondary N) is 1. The van der Waals surface area contributed by atoms with Crippen molar-refractivity contribution in [2.75, 3.05) is 26.2 Å². The normalized spacial score (nSPS) is 14.6. The summed E-state index contributed by atoms with van der Waals surface area (Å²) in [5.74, 6) is 6.56. The fourth-order valence-electron chi connectivity index (χ4n) is 4.34. The molecule has 1 aliphatic heterocycles. The molecule has 1 fully saturated rings. The maximum atomic E-state index is 12.7. The van der Waals surface area contributed by atoms with E-state index in [1.54, 1.807) is 16.9 Å². The van der Waals surface area contributed by atoms with Crippen molar-refractivity contribution in [1.82, 2.24) is 29.8 Å². The number of imidazole rings is 1. The zero-order valence-electron chi connectivity index (χ0n) is 18.5. The summed E-state index contributed by atoms with van der Waals surface area (Å²) in [5.41, 5.74) is 6.98. The van der Waals surface area contributed by atoms with Crippen LogP contribution in [0.25, 0.3) is 23.0 Å². The first-order valence-corrected chi connectivity index (χ1v) is 11.4. The number of fused-ring (bicyclic) bond motifs is 2. The van der Waals surface area contributed by atoms with E-state index in [-0.39, 0.29) is 5.91 Å². The van der Waals surface area contributed by atoms with Crippen LogP contribution in [0, 0.1) is 11.8 Å². The van der Waals surface area contributed by atoms with Crippen molar-refractivity contribution in [3.63, 3.8) is 0 Å². The van der Waals surface area contributed by atoms with Gasteiger partial charge in [0.15, 0.2) is 5.65 Å². The first-order chi connectivity index (χ1) is 16.8. The van der Waals surface area contributed by atoms with Gasteiger partial charge in [0.1, 0.15) is 5.69 Å². The molecule has 1 amide bonds. The van der Waals surface area contributed by atoms with Crippen molar-refractivity contribution in [3.8, 4) is 23.1 Å². The molecule has 1 aliphatic carbocycles. The lowest BCUT2D eigenvalue weighted by Gasteiger charge is -2.27. The van der Waals surface area contributed by atoms with Crippen molar-refractivity contribution in [2.24, 2.45) is 0 Å². The van der Waals surface area contributed by atoms with Crippen LogP contribution in [0.4, 0.5) is 0 Å². The predicted molar refractivity (Wildman–Crippen MR) is 130 cm³/mol. The molecule has 34 heavy (non-hydrogen) atoms. The van der Waals surface area contributed by atoms with Crippen molar-refractivity contribution in [3.05, 3.63) is 89.0 Å². The second-order valence-corrected chi connectivity index (χ2v) is 8.33. The van der Waals surface area contributed by atoms with Gasteiger partial charge in [0.25, 0.3) is 5.91 Å². The van der Waals surface area contributed by atoms with Crippen molar-refractivity contribution in [2.45, 2.75) is 6.42 Å². The lowest BCUT2D eigenvalue weighted by molar-refractivity contribution is 0.0736. The summed E-state index contributed by atoms with van der Waals surface area (Å²) in [7, 11) is 0. The van der Waals surface area contributed by atoms with Gasteiger partial charge in [-0.15, -0.1) is 0 Å². The molecule has 0 spiro atoms. The van der Waals surface area contributed by atoms with E-state index in [4.69, 9.17) is 5.10 Å². The number of allylic oxidation sites excluding steroid dienone is 1. The van der Waals surface area contributed by atoms with E-state index < -0.39 is 0 Å². The van der Waals surface area contributed by atoms with Gasteiger partial charge in [0.05, 0.1) is 17.6 Å². The summed E-state index contributed by atoms with van der Waals surface area (Å²) in [6, 6.07) is 13.4. The standard InChI is InChI=1S/C27H22N6O/c34-27(32-16-14-28-15-17-32)21-6-4-20(5-7-21)24-10-11-26-30-18-22(33(26)31-24)9-8-19-12-13-29-25-3-1-2-23(19)25/h1-2,4-7,10-13,18,28H,3,14-17H2. The summed E-state index contributed by atoms with van der Waals surface area (Å²) >= 11 is 0. The molecule has 1 saturated heterocycles. The number of rotatable bonds is 2. The quantitative estimate of drug-likeness (QED) is 0.480. The number of piperazine rings is 1. The van der Waals surface area contributed by atoms with Gasteiger partial charge in [-0.25, -0.2) is 9.50 Å². The van der Waals surface area contributed by atoms with Crippen LogP contribution in [0.15, 0.2) is 60.9 Å². The van der Waals surface area contributed by atoms with Gasteiger partial charge in [0, 0.05) is 61.1 Å². The summed E-state index contributed by atoms with van der Waals surface area (Å²) in [6.07, 6.45) is 8.58. The molecule has 3 aromatic heterocycles. The Kier molecular flexibility index (Phi) is 5.13. The molecule has 2 aliphatic rings. The van der Waals surface area contributed by atoms with Gasteiger partial charge in [-0.05, 0) is 36.3 Å². The lowest BCUT2D eigenvalue weighted by atomic mass is 10.1. The van der Waals surface area contributed by atoms with Crippen LogP contribution in [-0.2, 0) is 6.42 Å². The van der Waals surface area contributed by atoms with E-state index in [1.807, 2.05) is 47.4 Å². The Bertz CT molecular complexity index is 1480. The zero-order chi connectivity index (χ0) is 22.9. The predicted octanol–water partition coefficient (Wildman–Crippen LogP) is 2.81. The SMILES string of the molecule is O=C(c1ccc(-c2ccc3ncc(C#Cc4ccnc5c4C=CC5)n3n2)cc1)N1CCNCC1. The number of carbonyl (C=O) groups excluding carboxylic acids is 1. The Morgan fingerprint density at radius 1 is 0.971 bits per heavy atom. The molecule has 0 saturated carbocycles. The van der Waals surface area contributed by atoms with Gasteiger partial charge >= 0.3 is 0 Å². The molecule has 4 heterocycles. The molecule has 6 rings (SSSR count). The minimum absolute atomic E-state index is 0.0704. The molecular weight excluding hydrogens is 424 g/mol. The van der Waals surface area contributed by atoms with Crippen molar-refractivity contribution in [1.29, 1.82) is 0 Å². The second kappa shape index (κ2) is 8.58. The Morgan fingerprint density at radius 3 is 2.68 bits per heavy atom. The van der Waals surface area contributed by atoms with Gasteiger partial charge in [-0.2, -0.15) is 5.10 Å². The summed E-state index contributed by atoms with van der Waals surface area (Å²) in [5, 5.41) is 8.05. The number of carbonyl (C=O) groups is 1. The lowest BCUT2D eigenvalue weighted by Crippen LogP contribution is -2.46. The number of amides is 1. The Hall–Kier alpha value is -4.28. The summed E-state index contributed by atoms with van der Waals surface area (Å²) in [4.78, 5) is 23.5. The fraction of sp³-hybridized carbons (Fsp3) is 0.185. The third-order valence-electron chi connectivity index (χ3n) is 6.19. The van der Waals surface area contributed by atoms with E-state index in [0.717, 1.165) is 72.0 Å². The minimum Gasteiger partial charge on any atom is -0.336 e. The van der Waals surface area contributed by atoms with Crippen LogP contribution < -0.4 is 5.32 Å². The highest BCUT2D eigenvalue weighted by Crippen LogP contribution is 2.21. The molecule has 166 valence electrons. The molecular formula is C27H22N6O. The molecule has 1 N–H and O–H groups in total. The molecule has 0 radical (unpaired) electrons. The van der Waals surface area contributed by atoms with E-state index in [0.29, 0.717) is 5.56 Å². The minimum atomic E-state index is 0.0704. The second-order valence-electron chi connectivity index (χ2n) is 8.33. The Balaban J connectivity index is 1.28. The number of aromatic nitrogens is 4. The average molecular weight is 447 g/mol. The number of hydrogen-bond donors (Lipinski definition) is 1. The largest absolute Gasteiger partial charge is 0.336 e. The maximum absolute atomic E-state index is 12.7. The topological polar surface area (TPSA) is 75.4 Å². The van der Waals surface area contributed by atoms with Crippen molar-refractivity contribution >= 4 is 17.6 Å². The monoisotopic (exact) mass is 446 g/mol. The smallest absolute Gasteiger partial charge is 0.253 e. The van der Waals surface area contributed by atoms with Crippen LogP contribution in [-0.4, -0.2) is 56.6 Å². The van der Waals surface area contributed by atoms with Crippen LogP contribution in [0.1, 0.15) is 32.9 Å². The highest BCUT2D eigenvalue weighted by molar-refractivity contribution is 5.94. The zero-order valence-corrected chi connectivity index (χ0v) is 18.5. The molecule has 7 heteroatoms. The van der Waals surface area contributed by atoms with Crippen LogP contribution >= 0.6 is 0 Å². The maximum Gasteiger partial charge on any atom is 0.253 e. The molecule has 0 unspecified atom stereocenters. The van der Waals surface area contributed by atoms with Crippen molar-refractivity contribution < 1.29 is 4.79 Å². The van der Waals surface area contributed by atoms with E-state index in [2.05, 4.69) is 39.3 Å². The number of benzene rings is 1. The summed E-state index contributed by atoms with van der Waals surface area (Å²) in [6.45, 7) is 3.15. The first-order valence-electron chi connectivity index (χ1n) is 11.4. The molecule has 0 atom stereocenters. The Morgan fingerprint density at radius 2 is 1.82 bits per heavy atom. The highest BCUT2D eigenvalue weighted by atomic mass is 16.2. The molecule has 7 nitrogen and oxygen atoms in total. The van der Waals surface area contributed by atoms with Crippen LogP contribution in [0.3, 0.4) is 0 Å². The first kappa shape index (κ1) is 20.3. The third-order valence-corrected chi connectivity index (χ3v) is 6.19. The number of hydrogen-bond acceptors (Lipinski definition) is 5. The number of nitrogens with zero attached hydrogens (tertiary/aromatic N) is 5. The summed E-state index contributed by atoms with van der Waals surface area (Å²) < 4.78 is 1.76. The van der Waals surface area contributed by atoms with E-state index >= 15 is 0 Å². The number of pyridine rings is 1. The Labute approximate surface area is 197 Å². The molecule has 4 aromatic rings. The third kappa shape index (κ3) is 3.74. The molecule has 1 aromatic carbocycles. The van der Waals surface area contributed by atoms with Gasteiger partial charge in [0.2, 0.25) is 0 Å². The highest BCUT2D eigenvalue weighted by Gasteiger charge is 2.18. The van der Waals surface area contributed by atoms with Gasteiger partial charge in [-0.1, -0.05) is 30.2 Å². The van der Waals surface area contributed by atoms with Crippen LogP contribution in [0.5, 0.6) is 0 Å².